The highest BCUT2D eigenvalue weighted by Crippen LogP contribution is 2.28. The van der Waals surface area contributed by atoms with E-state index in [1.54, 1.807) is 55.7 Å². The van der Waals surface area contributed by atoms with Crippen molar-refractivity contribution in [1.29, 1.82) is 0 Å². The summed E-state index contributed by atoms with van der Waals surface area (Å²) in [6.45, 7) is 1.69. The van der Waals surface area contributed by atoms with Crippen LogP contribution >= 0.6 is 11.6 Å². The molecule has 0 fully saturated rings. The van der Waals surface area contributed by atoms with E-state index >= 15 is 0 Å². The smallest absolute Gasteiger partial charge is 0.319 e. The Morgan fingerprint density at radius 2 is 1.92 bits per heavy atom. The molecule has 0 unspecified atom stereocenters. The van der Waals surface area contributed by atoms with Crippen molar-refractivity contribution >= 4 is 29.2 Å². The molecule has 122 valence electrons. The topological polar surface area (TPSA) is 83.1 Å². The number of aromatic nitrogens is 1. The van der Waals surface area contributed by atoms with Crippen LogP contribution in [0.2, 0.25) is 5.02 Å². The number of rotatable bonds is 3. The predicted octanol–water partition coefficient (Wildman–Crippen LogP) is 3.00. The third-order valence-corrected chi connectivity index (χ3v) is 4.00. The molecule has 3 N–H and O–H groups in total. The molecule has 0 saturated heterocycles. The number of hydrogen-bond acceptors (Lipinski definition) is 3. The zero-order valence-electron chi connectivity index (χ0n) is 12.8. The Balaban J connectivity index is 1.95. The fourth-order valence-corrected chi connectivity index (χ4v) is 2.74. The maximum absolute atomic E-state index is 12.8. The van der Waals surface area contributed by atoms with Crippen LogP contribution in [-0.2, 0) is 4.79 Å². The van der Waals surface area contributed by atoms with Crippen molar-refractivity contribution in [3.05, 3.63) is 70.6 Å². The Kier molecular flexibility index (Phi) is 4.48. The number of pyridine rings is 1. The molecule has 1 aromatic carbocycles. The molecular weight excluding hydrogens is 328 g/mol. The van der Waals surface area contributed by atoms with Crippen LogP contribution in [0.4, 0.5) is 10.5 Å². The van der Waals surface area contributed by atoms with E-state index in [4.69, 9.17) is 11.6 Å². The van der Waals surface area contributed by atoms with Gasteiger partial charge in [-0.2, -0.15) is 0 Å². The van der Waals surface area contributed by atoms with Crippen LogP contribution in [0, 0.1) is 0 Å². The molecule has 7 heteroatoms. The predicted molar refractivity (Wildman–Crippen MR) is 91.4 cm³/mol. The lowest BCUT2D eigenvalue weighted by Gasteiger charge is -2.28. The number of carbonyl (C=O) groups is 2. The quantitative estimate of drug-likeness (QED) is 0.801. The Hall–Kier alpha value is -2.86. The second kappa shape index (κ2) is 6.72. The average Bonchev–Trinajstić information content (AvgIpc) is 2.57. The zero-order chi connectivity index (χ0) is 17.1. The average molecular weight is 343 g/mol. The number of amides is 3. The van der Waals surface area contributed by atoms with Crippen LogP contribution in [0.1, 0.15) is 18.5 Å². The number of para-hydroxylation sites is 1. The summed E-state index contributed by atoms with van der Waals surface area (Å²) in [5.74, 6) is -0.338. The van der Waals surface area contributed by atoms with E-state index in [0.29, 0.717) is 22.0 Å². The number of halogens is 1. The minimum absolute atomic E-state index is 0.338. The summed E-state index contributed by atoms with van der Waals surface area (Å²) >= 11 is 6.10. The first-order valence-corrected chi connectivity index (χ1v) is 7.68. The van der Waals surface area contributed by atoms with Gasteiger partial charge in [0.25, 0.3) is 5.91 Å². The molecule has 1 atom stereocenters. The molecule has 3 rings (SSSR count). The molecule has 2 aromatic rings. The molecule has 0 radical (unpaired) electrons. The zero-order valence-corrected chi connectivity index (χ0v) is 13.6. The molecule has 1 aromatic heterocycles. The van der Waals surface area contributed by atoms with E-state index in [2.05, 4.69) is 20.9 Å². The summed E-state index contributed by atoms with van der Waals surface area (Å²) in [5, 5.41) is 8.63. The molecule has 24 heavy (non-hydrogen) atoms. The first kappa shape index (κ1) is 16.0. The number of benzene rings is 1. The highest BCUT2D eigenvalue weighted by Gasteiger charge is 2.31. The van der Waals surface area contributed by atoms with E-state index in [-0.39, 0.29) is 11.9 Å². The van der Waals surface area contributed by atoms with Gasteiger partial charge in [0.2, 0.25) is 0 Å². The van der Waals surface area contributed by atoms with Crippen molar-refractivity contribution in [3.8, 4) is 0 Å². The maximum atomic E-state index is 12.8. The summed E-state index contributed by atoms with van der Waals surface area (Å²) in [5.41, 5.74) is 2.18. The fraction of sp³-hybridized carbons (Fsp3) is 0.118. The maximum Gasteiger partial charge on any atom is 0.319 e. The van der Waals surface area contributed by atoms with Crippen molar-refractivity contribution in [3.63, 3.8) is 0 Å². The number of nitrogens with one attached hydrogen (secondary N) is 3. The minimum atomic E-state index is -0.566. The Morgan fingerprint density at radius 3 is 2.62 bits per heavy atom. The first-order chi connectivity index (χ1) is 11.6. The van der Waals surface area contributed by atoms with Gasteiger partial charge in [0.05, 0.1) is 22.3 Å². The third-order valence-electron chi connectivity index (χ3n) is 3.68. The summed E-state index contributed by atoms with van der Waals surface area (Å²) < 4.78 is 0. The highest BCUT2D eigenvalue weighted by molar-refractivity contribution is 6.33. The van der Waals surface area contributed by atoms with E-state index in [1.165, 1.54) is 0 Å². The molecule has 1 aliphatic heterocycles. The third kappa shape index (κ3) is 3.23. The summed E-state index contributed by atoms with van der Waals surface area (Å²) in [6, 6.07) is 9.56. The Bertz CT molecular complexity index is 820. The van der Waals surface area contributed by atoms with Gasteiger partial charge in [-0.25, -0.2) is 4.79 Å². The standard InChI is InChI=1S/C17H15ClN4O2/c1-10-14(16(23)21-13-5-3-2-4-12(13)18)15(22-17(24)20-10)11-6-8-19-9-7-11/h2-9,15H,1H3,(H,21,23)(H2,20,22,24)/t15-/m1/s1. The highest BCUT2D eigenvalue weighted by atomic mass is 35.5. The monoisotopic (exact) mass is 342 g/mol. The van der Waals surface area contributed by atoms with Crippen molar-refractivity contribution in [2.45, 2.75) is 13.0 Å². The van der Waals surface area contributed by atoms with Crippen molar-refractivity contribution in [1.82, 2.24) is 15.6 Å². The van der Waals surface area contributed by atoms with Gasteiger partial charge >= 0.3 is 6.03 Å². The normalized spacial score (nSPS) is 17.1. The summed E-state index contributed by atoms with van der Waals surface area (Å²) in [7, 11) is 0. The van der Waals surface area contributed by atoms with Gasteiger partial charge in [-0.05, 0) is 36.8 Å². The number of nitrogens with zero attached hydrogens (tertiary/aromatic N) is 1. The molecule has 1 aliphatic rings. The van der Waals surface area contributed by atoms with Crippen LogP contribution < -0.4 is 16.0 Å². The van der Waals surface area contributed by atoms with Gasteiger partial charge in [-0.15, -0.1) is 0 Å². The molecule has 2 heterocycles. The SMILES string of the molecule is CC1=C(C(=O)Nc2ccccc2Cl)[C@@H](c2ccncc2)NC(=O)N1. The van der Waals surface area contributed by atoms with Gasteiger partial charge in [0.15, 0.2) is 0 Å². The van der Waals surface area contributed by atoms with Gasteiger partial charge in [-0.3, -0.25) is 9.78 Å². The summed E-state index contributed by atoms with van der Waals surface area (Å²) in [4.78, 5) is 28.6. The Morgan fingerprint density at radius 1 is 1.21 bits per heavy atom. The van der Waals surface area contributed by atoms with Crippen LogP contribution in [0.25, 0.3) is 0 Å². The fourth-order valence-electron chi connectivity index (χ4n) is 2.55. The Labute approximate surface area is 143 Å². The first-order valence-electron chi connectivity index (χ1n) is 7.30. The van der Waals surface area contributed by atoms with Crippen LogP contribution in [0.5, 0.6) is 0 Å². The molecule has 0 bridgehead atoms. The van der Waals surface area contributed by atoms with E-state index in [9.17, 15) is 9.59 Å². The lowest BCUT2D eigenvalue weighted by Crippen LogP contribution is -2.46. The minimum Gasteiger partial charge on any atom is -0.327 e. The van der Waals surface area contributed by atoms with Gasteiger partial charge in [0.1, 0.15) is 0 Å². The van der Waals surface area contributed by atoms with Crippen LogP contribution in [0.15, 0.2) is 60.1 Å². The lowest BCUT2D eigenvalue weighted by molar-refractivity contribution is -0.113. The lowest BCUT2D eigenvalue weighted by atomic mass is 9.95. The molecule has 3 amide bonds. The number of anilines is 1. The molecule has 6 nitrogen and oxygen atoms in total. The second-order valence-corrected chi connectivity index (χ2v) is 5.69. The van der Waals surface area contributed by atoms with Crippen LogP contribution in [-0.4, -0.2) is 16.9 Å². The van der Waals surface area contributed by atoms with Gasteiger partial charge < -0.3 is 16.0 Å². The van der Waals surface area contributed by atoms with E-state index in [1.807, 2.05) is 0 Å². The van der Waals surface area contributed by atoms with Gasteiger partial charge in [0, 0.05) is 18.1 Å². The van der Waals surface area contributed by atoms with E-state index in [0.717, 1.165) is 5.56 Å². The molecule has 0 aliphatic carbocycles. The van der Waals surface area contributed by atoms with Crippen molar-refractivity contribution < 1.29 is 9.59 Å². The number of urea groups is 1. The number of hydrogen-bond donors (Lipinski definition) is 3. The second-order valence-electron chi connectivity index (χ2n) is 5.28. The largest absolute Gasteiger partial charge is 0.327 e. The molecular formula is C17H15ClN4O2. The summed E-state index contributed by atoms with van der Waals surface area (Å²) in [6.07, 6.45) is 3.23. The van der Waals surface area contributed by atoms with Crippen LogP contribution in [0.3, 0.4) is 0 Å². The van der Waals surface area contributed by atoms with Gasteiger partial charge in [-0.1, -0.05) is 23.7 Å². The van der Waals surface area contributed by atoms with Crippen molar-refractivity contribution in [2.24, 2.45) is 0 Å². The van der Waals surface area contributed by atoms with Crippen molar-refractivity contribution in [2.75, 3.05) is 5.32 Å². The molecule has 0 saturated carbocycles. The number of allylic oxidation sites excluding steroid dienone is 1. The number of carbonyl (C=O) groups excluding carboxylic acids is 2. The van der Waals surface area contributed by atoms with E-state index < -0.39 is 6.04 Å². The molecule has 0 spiro atoms.